The van der Waals surface area contributed by atoms with Crippen molar-refractivity contribution >= 4 is 6.03 Å². The summed E-state index contributed by atoms with van der Waals surface area (Å²) < 4.78 is 5.79. The van der Waals surface area contributed by atoms with Crippen molar-refractivity contribution in [2.45, 2.75) is 32.8 Å². The van der Waals surface area contributed by atoms with Crippen molar-refractivity contribution in [1.82, 2.24) is 16.0 Å². The van der Waals surface area contributed by atoms with Gasteiger partial charge in [-0.05, 0) is 12.3 Å². The number of nitrogens with one attached hydrogen (secondary N) is 3. The summed E-state index contributed by atoms with van der Waals surface area (Å²) in [5.74, 6) is 0.466. The summed E-state index contributed by atoms with van der Waals surface area (Å²) in [6, 6.07) is -0.110. The van der Waals surface area contributed by atoms with Gasteiger partial charge >= 0.3 is 6.03 Å². The second kappa shape index (κ2) is 6.81. The zero-order valence-electron chi connectivity index (χ0n) is 11.1. The van der Waals surface area contributed by atoms with Crippen LogP contribution in [0.2, 0.25) is 0 Å². The minimum Gasteiger partial charge on any atom is -0.371 e. The Morgan fingerprint density at radius 1 is 1.47 bits per heavy atom. The second-order valence-corrected chi connectivity index (χ2v) is 5.02. The first-order valence-corrected chi connectivity index (χ1v) is 6.44. The summed E-state index contributed by atoms with van der Waals surface area (Å²) in [5.41, 5.74) is -0.243. The fraction of sp³-hybridized carbons (Fsp3) is 0.917. The van der Waals surface area contributed by atoms with Gasteiger partial charge in [-0.2, -0.15) is 0 Å². The minimum absolute atomic E-state index is 0.110. The number of rotatable bonds is 5. The van der Waals surface area contributed by atoms with Gasteiger partial charge in [0.2, 0.25) is 0 Å². The fourth-order valence-electron chi connectivity index (χ4n) is 1.77. The van der Waals surface area contributed by atoms with E-state index in [1.807, 2.05) is 0 Å². The highest BCUT2D eigenvalue weighted by atomic mass is 16.5. The minimum atomic E-state index is -0.243. The average molecular weight is 243 g/mol. The summed E-state index contributed by atoms with van der Waals surface area (Å²) in [6.45, 7) is 9.88. The van der Waals surface area contributed by atoms with Gasteiger partial charge in [-0.15, -0.1) is 0 Å². The molecule has 0 radical (unpaired) electrons. The summed E-state index contributed by atoms with van der Waals surface area (Å²) >= 11 is 0. The van der Waals surface area contributed by atoms with Gasteiger partial charge in [-0.3, -0.25) is 0 Å². The van der Waals surface area contributed by atoms with E-state index < -0.39 is 0 Å². The molecule has 1 rings (SSSR count). The number of amides is 2. The molecule has 3 N–H and O–H groups in total. The van der Waals surface area contributed by atoms with E-state index in [4.69, 9.17) is 4.74 Å². The Bertz CT molecular complexity index is 238. The van der Waals surface area contributed by atoms with Crippen LogP contribution in [0.25, 0.3) is 0 Å². The summed E-state index contributed by atoms with van der Waals surface area (Å²) in [7, 11) is 0. The summed E-state index contributed by atoms with van der Waals surface area (Å²) in [4.78, 5) is 11.6. The number of carbonyl (C=O) groups excluding carboxylic acids is 1. The molecule has 1 aliphatic rings. The van der Waals surface area contributed by atoms with E-state index >= 15 is 0 Å². The Kier molecular flexibility index (Phi) is 5.71. The van der Waals surface area contributed by atoms with Gasteiger partial charge in [0.15, 0.2) is 0 Å². The summed E-state index contributed by atoms with van der Waals surface area (Å²) in [5, 5.41) is 9.03. The van der Waals surface area contributed by atoms with E-state index in [1.165, 1.54) is 0 Å². The van der Waals surface area contributed by atoms with Crippen LogP contribution in [0.3, 0.4) is 0 Å². The number of carbonyl (C=O) groups is 1. The van der Waals surface area contributed by atoms with Gasteiger partial charge in [0.25, 0.3) is 0 Å². The van der Waals surface area contributed by atoms with Gasteiger partial charge in [-0.1, -0.05) is 20.8 Å². The van der Waals surface area contributed by atoms with Crippen LogP contribution in [-0.2, 0) is 4.74 Å². The number of hydrogen-bond donors (Lipinski definition) is 3. The van der Waals surface area contributed by atoms with Crippen LogP contribution in [0.1, 0.15) is 27.2 Å². The molecule has 1 fully saturated rings. The molecule has 0 aromatic rings. The molecular formula is C12H25N3O2. The molecule has 2 amide bonds. The molecule has 0 aromatic carbocycles. The molecule has 17 heavy (non-hydrogen) atoms. The lowest BCUT2D eigenvalue weighted by molar-refractivity contribution is -0.0647. The van der Waals surface area contributed by atoms with Crippen LogP contribution in [0.15, 0.2) is 0 Å². The molecule has 5 nitrogen and oxygen atoms in total. The molecule has 5 heteroatoms. The van der Waals surface area contributed by atoms with Gasteiger partial charge < -0.3 is 20.7 Å². The van der Waals surface area contributed by atoms with Crippen LogP contribution < -0.4 is 16.0 Å². The predicted molar refractivity (Wildman–Crippen MR) is 68.1 cm³/mol. The zero-order valence-corrected chi connectivity index (χ0v) is 11.1. The maximum absolute atomic E-state index is 11.6. The normalized spacial score (nSPS) is 24.7. The van der Waals surface area contributed by atoms with E-state index in [0.717, 1.165) is 19.5 Å². The first kappa shape index (κ1) is 14.3. The number of morpholine rings is 1. The highest BCUT2D eigenvalue weighted by Crippen LogP contribution is 2.16. The first-order chi connectivity index (χ1) is 8.08. The van der Waals surface area contributed by atoms with Crippen molar-refractivity contribution in [3.05, 3.63) is 0 Å². The van der Waals surface area contributed by atoms with Crippen molar-refractivity contribution in [2.75, 3.05) is 32.8 Å². The van der Waals surface area contributed by atoms with E-state index in [9.17, 15) is 4.79 Å². The maximum atomic E-state index is 11.6. The van der Waals surface area contributed by atoms with Crippen LogP contribution in [0.4, 0.5) is 4.79 Å². The third-order valence-electron chi connectivity index (χ3n) is 3.02. The molecule has 0 spiro atoms. The molecule has 0 saturated carbocycles. The second-order valence-electron chi connectivity index (χ2n) is 5.02. The van der Waals surface area contributed by atoms with E-state index in [1.54, 1.807) is 0 Å². The standard InChI is InChI=1S/C12H25N3O2/c1-4-12(8-13-5-6-17-12)9-15-11(16)14-7-10(2)3/h10,13H,4-9H2,1-3H3,(H2,14,15,16). The Morgan fingerprint density at radius 2 is 2.24 bits per heavy atom. The van der Waals surface area contributed by atoms with Crippen molar-refractivity contribution in [3.8, 4) is 0 Å². The SMILES string of the molecule is CCC1(CNC(=O)NCC(C)C)CNCCO1. The van der Waals surface area contributed by atoms with Crippen molar-refractivity contribution < 1.29 is 9.53 Å². The van der Waals surface area contributed by atoms with Gasteiger partial charge in [0.1, 0.15) is 0 Å². The highest BCUT2D eigenvalue weighted by molar-refractivity contribution is 5.73. The average Bonchev–Trinajstić information content (AvgIpc) is 2.35. The molecule has 0 aliphatic carbocycles. The predicted octanol–water partition coefficient (Wildman–Crippen LogP) is 0.710. The monoisotopic (exact) mass is 243 g/mol. The lowest BCUT2D eigenvalue weighted by Gasteiger charge is -2.37. The Labute approximate surface area is 104 Å². The first-order valence-electron chi connectivity index (χ1n) is 6.44. The molecule has 1 heterocycles. The number of urea groups is 1. The molecule has 0 bridgehead atoms. The summed E-state index contributed by atoms with van der Waals surface area (Å²) in [6.07, 6.45) is 0.893. The lowest BCUT2D eigenvalue weighted by atomic mass is 9.99. The number of hydrogen-bond acceptors (Lipinski definition) is 3. The van der Waals surface area contributed by atoms with Crippen LogP contribution in [0.5, 0.6) is 0 Å². The van der Waals surface area contributed by atoms with Crippen molar-refractivity contribution in [1.29, 1.82) is 0 Å². The molecule has 1 atom stereocenters. The molecular weight excluding hydrogens is 218 g/mol. The van der Waals surface area contributed by atoms with Crippen molar-refractivity contribution in [3.63, 3.8) is 0 Å². The molecule has 1 unspecified atom stereocenters. The van der Waals surface area contributed by atoms with E-state index in [0.29, 0.717) is 25.6 Å². The lowest BCUT2D eigenvalue weighted by Crippen LogP contribution is -2.56. The van der Waals surface area contributed by atoms with E-state index in [2.05, 4.69) is 36.7 Å². The largest absolute Gasteiger partial charge is 0.371 e. The van der Waals surface area contributed by atoms with Crippen molar-refractivity contribution in [2.24, 2.45) is 5.92 Å². The third-order valence-corrected chi connectivity index (χ3v) is 3.02. The van der Waals surface area contributed by atoms with Crippen LogP contribution in [-0.4, -0.2) is 44.4 Å². The molecule has 0 aromatic heterocycles. The van der Waals surface area contributed by atoms with E-state index in [-0.39, 0.29) is 11.6 Å². The van der Waals surface area contributed by atoms with Gasteiger partial charge in [-0.25, -0.2) is 4.79 Å². The van der Waals surface area contributed by atoms with Crippen LogP contribution >= 0.6 is 0 Å². The molecule has 100 valence electrons. The molecule has 1 aliphatic heterocycles. The maximum Gasteiger partial charge on any atom is 0.314 e. The fourth-order valence-corrected chi connectivity index (χ4v) is 1.77. The number of ether oxygens (including phenoxy) is 1. The Morgan fingerprint density at radius 3 is 2.76 bits per heavy atom. The quantitative estimate of drug-likeness (QED) is 0.666. The van der Waals surface area contributed by atoms with Crippen LogP contribution in [0, 0.1) is 5.92 Å². The van der Waals surface area contributed by atoms with Gasteiger partial charge in [0.05, 0.1) is 12.2 Å². The smallest absolute Gasteiger partial charge is 0.314 e. The zero-order chi connectivity index (χ0) is 12.7. The Balaban J connectivity index is 2.29. The third kappa shape index (κ3) is 4.91. The Hall–Kier alpha value is -0.810. The molecule has 1 saturated heterocycles. The highest BCUT2D eigenvalue weighted by Gasteiger charge is 2.31. The van der Waals surface area contributed by atoms with Gasteiger partial charge in [0, 0.05) is 26.2 Å². The topological polar surface area (TPSA) is 62.4 Å².